The maximum absolute atomic E-state index is 10.9. The number of rotatable bonds is 12. The summed E-state index contributed by atoms with van der Waals surface area (Å²) in [5, 5.41) is 12.3. The number of halogens is 3. The van der Waals surface area contributed by atoms with Crippen molar-refractivity contribution in [1.29, 1.82) is 0 Å². The van der Waals surface area contributed by atoms with Gasteiger partial charge in [0.25, 0.3) is 0 Å². The highest BCUT2D eigenvalue weighted by molar-refractivity contribution is 5.86. The molecule has 0 radical (unpaired) electrons. The van der Waals surface area contributed by atoms with Crippen molar-refractivity contribution in [1.82, 2.24) is 9.88 Å². The normalized spacial score (nSPS) is 13.2. The minimum absolute atomic E-state index is 0. The Bertz CT molecular complexity index is 582. The van der Waals surface area contributed by atoms with E-state index in [0.717, 1.165) is 56.8 Å². The second kappa shape index (κ2) is 16.9. The Kier molecular flexibility index (Phi) is 17.7. The van der Waals surface area contributed by atoms with Crippen molar-refractivity contribution in [2.24, 2.45) is 5.73 Å². The number of unbranched alkanes of at least 4 members (excludes halogenated alkanes) is 1. The van der Waals surface area contributed by atoms with Gasteiger partial charge >= 0.3 is 5.97 Å². The lowest BCUT2D eigenvalue weighted by Gasteiger charge is -2.23. The van der Waals surface area contributed by atoms with Crippen molar-refractivity contribution >= 4 is 49.0 Å². The van der Waals surface area contributed by atoms with E-state index in [0.29, 0.717) is 19.6 Å². The Morgan fingerprint density at radius 2 is 2.03 bits per heavy atom. The lowest BCUT2D eigenvalue weighted by Crippen LogP contribution is -2.37. The molecule has 1 aromatic heterocycles. The third-order valence-corrected chi connectivity index (χ3v) is 4.79. The number of methoxy groups -OCH3 is 1. The van der Waals surface area contributed by atoms with Crippen LogP contribution in [0.15, 0.2) is 12.1 Å². The number of aliphatic carboxylic acids is 1. The predicted molar refractivity (Wildman–Crippen MR) is 124 cm³/mol. The molecule has 29 heavy (non-hydrogen) atoms. The molecule has 0 unspecified atom stereocenters. The van der Waals surface area contributed by atoms with Crippen molar-refractivity contribution in [3.8, 4) is 0 Å². The summed E-state index contributed by atoms with van der Waals surface area (Å²) < 4.78 is 5.15. The molecule has 0 aromatic carbocycles. The highest BCUT2D eigenvalue weighted by Gasteiger charge is 2.14. The zero-order valence-corrected chi connectivity index (χ0v) is 19.4. The molecule has 7 nitrogen and oxygen atoms in total. The summed E-state index contributed by atoms with van der Waals surface area (Å²) in [7, 11) is 1.68. The SMILES string of the molecule is COCCN(CCCCc1ccc2c(n1)NCCC2)CC[C@H](N)C(=O)O.Cl.Cl.Cl. The van der Waals surface area contributed by atoms with E-state index in [1.807, 2.05) is 0 Å². The Hall–Kier alpha value is -0.830. The standard InChI is InChI=1S/C19H32N4O3.3ClH/c1-26-14-13-23(12-9-17(20)19(24)25)11-3-2-6-16-8-7-15-5-4-10-21-18(15)22-16;;;/h7-8,17H,2-6,9-14,20H2,1H3,(H,21,22)(H,24,25);3*1H/t17-;;;/m0.../s1. The first kappa shape index (κ1) is 30.4. The third kappa shape index (κ3) is 11.2. The number of fused-ring (bicyclic) bond motifs is 1. The molecule has 1 aliphatic rings. The molecule has 0 bridgehead atoms. The van der Waals surface area contributed by atoms with Crippen LogP contribution >= 0.6 is 37.2 Å². The van der Waals surface area contributed by atoms with Gasteiger partial charge in [-0.25, -0.2) is 4.98 Å². The molecule has 1 atom stereocenters. The lowest BCUT2D eigenvalue weighted by atomic mass is 10.1. The molecule has 1 aromatic rings. The van der Waals surface area contributed by atoms with Gasteiger partial charge in [-0.2, -0.15) is 0 Å². The quantitative estimate of drug-likeness (QED) is 0.401. The molecule has 2 heterocycles. The molecule has 1 aliphatic heterocycles. The topological polar surface area (TPSA) is 101 Å². The molecule has 0 amide bonds. The molecule has 0 saturated carbocycles. The van der Waals surface area contributed by atoms with Crippen molar-refractivity contribution in [2.75, 3.05) is 45.2 Å². The van der Waals surface area contributed by atoms with Crippen LogP contribution < -0.4 is 11.1 Å². The molecular formula is C19H35Cl3N4O3. The van der Waals surface area contributed by atoms with Crippen molar-refractivity contribution < 1.29 is 14.6 Å². The second-order valence-corrected chi connectivity index (χ2v) is 6.87. The molecule has 0 saturated heterocycles. The number of ether oxygens (including phenoxy) is 1. The molecule has 0 aliphatic carbocycles. The Labute approximate surface area is 192 Å². The van der Waals surface area contributed by atoms with E-state index in [1.165, 1.54) is 12.0 Å². The summed E-state index contributed by atoms with van der Waals surface area (Å²) in [6.45, 7) is 4.04. The summed E-state index contributed by atoms with van der Waals surface area (Å²) in [4.78, 5) is 17.8. The van der Waals surface area contributed by atoms with Gasteiger partial charge in [-0.15, -0.1) is 37.2 Å². The van der Waals surface area contributed by atoms with Gasteiger partial charge in [0.1, 0.15) is 11.9 Å². The summed E-state index contributed by atoms with van der Waals surface area (Å²) in [6, 6.07) is 3.54. The monoisotopic (exact) mass is 472 g/mol. The molecule has 170 valence electrons. The first-order chi connectivity index (χ1) is 12.6. The van der Waals surface area contributed by atoms with Crippen LogP contribution in [-0.2, 0) is 22.4 Å². The molecule has 4 N–H and O–H groups in total. The summed E-state index contributed by atoms with van der Waals surface area (Å²) in [5.74, 6) is 0.113. The maximum Gasteiger partial charge on any atom is 0.320 e. The smallest absolute Gasteiger partial charge is 0.320 e. The number of carboxylic acids is 1. The van der Waals surface area contributed by atoms with Crippen LogP contribution in [0.4, 0.5) is 5.82 Å². The van der Waals surface area contributed by atoms with Crippen LogP contribution in [-0.4, -0.2) is 66.9 Å². The number of pyridine rings is 1. The summed E-state index contributed by atoms with van der Waals surface area (Å²) >= 11 is 0. The van der Waals surface area contributed by atoms with Gasteiger partial charge < -0.3 is 25.8 Å². The van der Waals surface area contributed by atoms with Gasteiger partial charge in [0.15, 0.2) is 0 Å². The van der Waals surface area contributed by atoms with Crippen molar-refractivity contribution in [3.63, 3.8) is 0 Å². The van der Waals surface area contributed by atoms with E-state index < -0.39 is 12.0 Å². The van der Waals surface area contributed by atoms with E-state index in [-0.39, 0.29) is 37.2 Å². The fourth-order valence-electron chi connectivity index (χ4n) is 3.15. The lowest BCUT2D eigenvalue weighted by molar-refractivity contribution is -0.138. The molecule has 2 rings (SSSR count). The average molecular weight is 474 g/mol. The van der Waals surface area contributed by atoms with Gasteiger partial charge in [-0.1, -0.05) is 6.07 Å². The third-order valence-electron chi connectivity index (χ3n) is 4.79. The minimum Gasteiger partial charge on any atom is -0.480 e. The maximum atomic E-state index is 10.9. The number of nitrogens with two attached hydrogens (primary N) is 1. The van der Waals surface area contributed by atoms with Crippen LogP contribution in [0.5, 0.6) is 0 Å². The number of nitrogens with zero attached hydrogens (tertiary/aromatic N) is 2. The molecule has 0 fully saturated rings. The zero-order valence-electron chi connectivity index (χ0n) is 17.0. The average Bonchev–Trinajstić information content (AvgIpc) is 2.66. The number of hydrogen-bond acceptors (Lipinski definition) is 6. The van der Waals surface area contributed by atoms with E-state index in [9.17, 15) is 4.79 Å². The van der Waals surface area contributed by atoms with E-state index in [1.54, 1.807) is 7.11 Å². The van der Waals surface area contributed by atoms with E-state index >= 15 is 0 Å². The Balaban J connectivity index is 0. The Morgan fingerprint density at radius 3 is 2.72 bits per heavy atom. The summed E-state index contributed by atoms with van der Waals surface area (Å²) in [5.41, 5.74) is 8.06. The van der Waals surface area contributed by atoms with Gasteiger partial charge in [-0.05, 0) is 56.7 Å². The first-order valence-corrected chi connectivity index (χ1v) is 9.52. The fourth-order valence-corrected chi connectivity index (χ4v) is 3.15. The van der Waals surface area contributed by atoms with Crippen molar-refractivity contribution in [2.45, 2.75) is 44.6 Å². The van der Waals surface area contributed by atoms with Gasteiger partial charge in [0.05, 0.1) is 6.61 Å². The number of anilines is 1. The van der Waals surface area contributed by atoms with Crippen LogP contribution in [0.2, 0.25) is 0 Å². The number of aromatic nitrogens is 1. The number of hydrogen-bond donors (Lipinski definition) is 3. The van der Waals surface area contributed by atoms with Crippen LogP contribution in [0, 0.1) is 0 Å². The minimum atomic E-state index is -0.941. The first-order valence-electron chi connectivity index (χ1n) is 9.52. The Morgan fingerprint density at radius 1 is 1.28 bits per heavy atom. The second-order valence-electron chi connectivity index (χ2n) is 6.87. The largest absolute Gasteiger partial charge is 0.480 e. The fraction of sp³-hybridized carbons (Fsp3) is 0.684. The van der Waals surface area contributed by atoms with Crippen LogP contribution in [0.1, 0.15) is 36.9 Å². The molecular weight excluding hydrogens is 439 g/mol. The van der Waals surface area contributed by atoms with Crippen molar-refractivity contribution in [3.05, 3.63) is 23.4 Å². The zero-order chi connectivity index (χ0) is 18.8. The summed E-state index contributed by atoms with van der Waals surface area (Å²) in [6.07, 6.45) is 5.80. The number of nitrogens with one attached hydrogen (secondary N) is 1. The predicted octanol–water partition coefficient (Wildman–Crippen LogP) is 2.78. The van der Waals surface area contributed by atoms with Gasteiger partial charge in [0, 0.05) is 32.4 Å². The highest BCUT2D eigenvalue weighted by Crippen LogP contribution is 2.20. The van der Waals surface area contributed by atoms with Crippen LogP contribution in [0.3, 0.4) is 0 Å². The van der Waals surface area contributed by atoms with Crippen LogP contribution in [0.25, 0.3) is 0 Å². The molecule has 10 heteroatoms. The number of aryl methyl sites for hydroxylation is 2. The van der Waals surface area contributed by atoms with E-state index in [2.05, 4.69) is 22.3 Å². The van der Waals surface area contributed by atoms with Gasteiger partial charge in [0.2, 0.25) is 0 Å². The molecule has 0 spiro atoms. The highest BCUT2D eigenvalue weighted by atomic mass is 35.5. The van der Waals surface area contributed by atoms with Gasteiger partial charge in [-0.3, -0.25) is 4.79 Å². The van der Waals surface area contributed by atoms with E-state index in [4.69, 9.17) is 20.6 Å². The number of carbonyl (C=O) groups is 1. The number of carboxylic acid groups (broad SMARTS) is 1.